The molecule has 3 rings (SSSR count). The first kappa shape index (κ1) is 16.7. The number of carbonyl (C=O) groups is 2. The molecule has 23 heavy (non-hydrogen) atoms. The Morgan fingerprint density at radius 3 is 2.70 bits per heavy atom. The maximum Gasteiger partial charge on any atom is 0.243 e. The van der Waals surface area contributed by atoms with E-state index in [2.05, 4.69) is 5.32 Å². The number of likely N-dealkylation sites (tertiary alicyclic amines) is 1. The lowest BCUT2D eigenvalue weighted by Gasteiger charge is -2.66. The van der Waals surface area contributed by atoms with Crippen molar-refractivity contribution >= 4 is 11.8 Å². The Kier molecular flexibility index (Phi) is 4.17. The van der Waals surface area contributed by atoms with Crippen molar-refractivity contribution in [1.29, 1.82) is 0 Å². The van der Waals surface area contributed by atoms with Crippen LogP contribution in [0.25, 0.3) is 0 Å². The second kappa shape index (κ2) is 5.74. The van der Waals surface area contributed by atoms with Crippen LogP contribution in [-0.2, 0) is 14.3 Å². The zero-order chi connectivity index (χ0) is 16.8. The van der Waals surface area contributed by atoms with Crippen LogP contribution < -0.4 is 11.1 Å². The van der Waals surface area contributed by atoms with Crippen LogP contribution in [0, 0.1) is 17.3 Å². The number of nitrogens with two attached hydrogens (primary N) is 1. The van der Waals surface area contributed by atoms with Crippen molar-refractivity contribution in [2.75, 3.05) is 26.7 Å². The van der Waals surface area contributed by atoms with Crippen molar-refractivity contribution in [2.45, 2.75) is 51.2 Å². The SMILES string of the molecule is CNC(=O)C1CCCN(C(=O)C2(N)C3CCCOC3C2(C)C)C1. The number of nitrogens with zero attached hydrogens (tertiary/aromatic N) is 1. The van der Waals surface area contributed by atoms with E-state index < -0.39 is 5.54 Å². The minimum Gasteiger partial charge on any atom is -0.377 e. The van der Waals surface area contributed by atoms with E-state index in [0.29, 0.717) is 13.1 Å². The van der Waals surface area contributed by atoms with E-state index in [1.54, 1.807) is 7.05 Å². The van der Waals surface area contributed by atoms with Gasteiger partial charge in [0.2, 0.25) is 11.8 Å². The zero-order valence-corrected chi connectivity index (χ0v) is 14.4. The average Bonchev–Trinajstić information content (AvgIpc) is 2.59. The predicted molar refractivity (Wildman–Crippen MR) is 86.5 cm³/mol. The monoisotopic (exact) mass is 323 g/mol. The molecule has 4 atom stereocenters. The summed E-state index contributed by atoms with van der Waals surface area (Å²) in [5, 5.41) is 2.69. The summed E-state index contributed by atoms with van der Waals surface area (Å²) in [5.74, 6) is -0.00908. The largest absolute Gasteiger partial charge is 0.377 e. The van der Waals surface area contributed by atoms with Gasteiger partial charge in [-0.25, -0.2) is 0 Å². The lowest BCUT2D eigenvalue weighted by molar-refractivity contribution is -0.230. The van der Waals surface area contributed by atoms with Crippen LogP contribution in [0.3, 0.4) is 0 Å². The first-order chi connectivity index (χ1) is 10.8. The molecule has 2 amide bonds. The van der Waals surface area contributed by atoms with Crippen LogP contribution in [0.15, 0.2) is 0 Å². The summed E-state index contributed by atoms with van der Waals surface area (Å²) in [6.07, 6.45) is 3.67. The van der Waals surface area contributed by atoms with Crippen molar-refractivity contribution in [3.8, 4) is 0 Å². The van der Waals surface area contributed by atoms with Gasteiger partial charge in [0.25, 0.3) is 0 Å². The first-order valence-corrected chi connectivity index (χ1v) is 8.75. The fourth-order valence-corrected chi connectivity index (χ4v) is 4.85. The Labute approximate surface area is 138 Å². The van der Waals surface area contributed by atoms with E-state index in [0.717, 1.165) is 32.3 Å². The smallest absolute Gasteiger partial charge is 0.243 e. The van der Waals surface area contributed by atoms with E-state index in [4.69, 9.17) is 10.5 Å². The number of carbonyl (C=O) groups excluding carboxylic acids is 2. The van der Waals surface area contributed by atoms with Gasteiger partial charge in [0.05, 0.1) is 12.0 Å². The van der Waals surface area contributed by atoms with Crippen LogP contribution >= 0.6 is 0 Å². The van der Waals surface area contributed by atoms with Gasteiger partial charge in [-0.1, -0.05) is 13.8 Å². The Bertz CT molecular complexity index is 507. The predicted octanol–water partition coefficient (Wildman–Crippen LogP) is 0.504. The first-order valence-electron chi connectivity index (χ1n) is 8.75. The van der Waals surface area contributed by atoms with Gasteiger partial charge in [0, 0.05) is 38.1 Å². The van der Waals surface area contributed by atoms with Gasteiger partial charge in [-0.15, -0.1) is 0 Å². The number of piperidine rings is 1. The number of nitrogens with one attached hydrogen (secondary N) is 1. The molecule has 2 aliphatic heterocycles. The Balaban J connectivity index is 1.77. The van der Waals surface area contributed by atoms with Gasteiger partial charge < -0.3 is 20.7 Å². The number of hydrogen-bond donors (Lipinski definition) is 2. The maximum atomic E-state index is 13.2. The summed E-state index contributed by atoms with van der Waals surface area (Å²) < 4.78 is 5.89. The molecule has 0 aromatic carbocycles. The third-order valence-electron chi connectivity index (χ3n) is 6.36. The standard InChI is InChI=1S/C17H29N3O3/c1-16(2)13-12(7-5-9-23-13)17(16,18)15(22)20-8-4-6-11(10-20)14(21)19-3/h11-13H,4-10,18H2,1-3H3,(H,19,21). The molecular formula is C17H29N3O3. The van der Waals surface area contributed by atoms with Crippen molar-refractivity contribution in [1.82, 2.24) is 10.2 Å². The molecule has 0 aromatic rings. The van der Waals surface area contributed by atoms with Crippen molar-refractivity contribution in [3.63, 3.8) is 0 Å². The lowest BCUT2D eigenvalue weighted by atomic mass is 9.46. The average molecular weight is 323 g/mol. The summed E-state index contributed by atoms with van der Waals surface area (Å²) >= 11 is 0. The van der Waals surface area contributed by atoms with Crippen LogP contribution in [0.1, 0.15) is 39.5 Å². The molecule has 0 spiro atoms. The summed E-state index contributed by atoms with van der Waals surface area (Å²) in [4.78, 5) is 27.0. The van der Waals surface area contributed by atoms with E-state index >= 15 is 0 Å². The molecule has 0 bridgehead atoms. The Morgan fingerprint density at radius 1 is 1.26 bits per heavy atom. The van der Waals surface area contributed by atoms with Crippen LogP contribution in [0.4, 0.5) is 0 Å². The summed E-state index contributed by atoms with van der Waals surface area (Å²) in [5.41, 5.74) is 5.45. The Morgan fingerprint density at radius 2 is 2.00 bits per heavy atom. The fourth-order valence-electron chi connectivity index (χ4n) is 4.85. The highest BCUT2D eigenvalue weighted by Crippen LogP contribution is 2.58. The molecule has 130 valence electrons. The van der Waals surface area contributed by atoms with Crippen LogP contribution in [-0.4, -0.2) is 55.1 Å². The third kappa shape index (κ3) is 2.30. The number of fused-ring (bicyclic) bond motifs is 1. The number of rotatable bonds is 2. The molecule has 3 N–H and O–H groups in total. The van der Waals surface area contributed by atoms with Gasteiger partial charge in [-0.2, -0.15) is 0 Å². The molecular weight excluding hydrogens is 294 g/mol. The van der Waals surface area contributed by atoms with Crippen molar-refractivity contribution in [3.05, 3.63) is 0 Å². The highest BCUT2D eigenvalue weighted by atomic mass is 16.5. The van der Waals surface area contributed by atoms with Gasteiger partial charge in [0.15, 0.2) is 0 Å². The van der Waals surface area contributed by atoms with Gasteiger partial charge >= 0.3 is 0 Å². The van der Waals surface area contributed by atoms with E-state index in [1.807, 2.05) is 18.7 Å². The quantitative estimate of drug-likeness (QED) is 0.775. The number of hydrogen-bond acceptors (Lipinski definition) is 4. The minimum absolute atomic E-state index is 0.00264. The molecule has 2 heterocycles. The molecule has 4 unspecified atom stereocenters. The van der Waals surface area contributed by atoms with Gasteiger partial charge in [-0.05, 0) is 25.7 Å². The number of ether oxygens (including phenoxy) is 1. The molecule has 1 aliphatic carbocycles. The van der Waals surface area contributed by atoms with Crippen LogP contribution in [0.5, 0.6) is 0 Å². The van der Waals surface area contributed by atoms with Gasteiger partial charge in [0.1, 0.15) is 5.54 Å². The van der Waals surface area contributed by atoms with Crippen LogP contribution in [0.2, 0.25) is 0 Å². The normalized spacial score (nSPS) is 39.1. The molecule has 1 saturated carbocycles. The lowest BCUT2D eigenvalue weighted by Crippen LogP contribution is -2.82. The second-order valence-electron chi connectivity index (χ2n) is 7.84. The minimum atomic E-state index is -0.872. The fraction of sp³-hybridized carbons (Fsp3) is 0.882. The summed E-state index contributed by atoms with van der Waals surface area (Å²) in [6.45, 7) is 6.01. The summed E-state index contributed by atoms with van der Waals surface area (Å²) in [7, 11) is 1.65. The molecule has 3 aliphatic rings. The topological polar surface area (TPSA) is 84.7 Å². The summed E-state index contributed by atoms with van der Waals surface area (Å²) in [6, 6.07) is 0. The Hall–Kier alpha value is -1.14. The molecule has 2 saturated heterocycles. The van der Waals surface area contributed by atoms with Crippen molar-refractivity contribution in [2.24, 2.45) is 23.0 Å². The molecule has 6 nitrogen and oxygen atoms in total. The second-order valence-corrected chi connectivity index (χ2v) is 7.84. The highest BCUT2D eigenvalue weighted by molar-refractivity contribution is 5.90. The molecule has 0 radical (unpaired) electrons. The molecule has 3 fully saturated rings. The van der Waals surface area contributed by atoms with Crippen molar-refractivity contribution < 1.29 is 14.3 Å². The molecule has 6 heteroatoms. The van der Waals surface area contributed by atoms with E-state index in [1.165, 1.54) is 0 Å². The maximum absolute atomic E-state index is 13.2. The third-order valence-corrected chi connectivity index (χ3v) is 6.36. The highest BCUT2D eigenvalue weighted by Gasteiger charge is 2.70. The molecule has 0 aromatic heterocycles. The number of amides is 2. The zero-order valence-electron chi connectivity index (χ0n) is 14.4. The van der Waals surface area contributed by atoms with Gasteiger partial charge in [-0.3, -0.25) is 9.59 Å². The van der Waals surface area contributed by atoms with E-state index in [-0.39, 0.29) is 35.2 Å². The van der Waals surface area contributed by atoms with E-state index in [9.17, 15) is 9.59 Å².